The minimum atomic E-state index is -4.43. The van der Waals surface area contributed by atoms with Crippen LogP contribution < -0.4 is 19.5 Å². The Labute approximate surface area is 141 Å². The summed E-state index contributed by atoms with van der Waals surface area (Å²) in [6.45, 7) is 0.206. The Balaban J connectivity index is 1.52. The maximum absolute atomic E-state index is 12.6. The zero-order valence-corrected chi connectivity index (χ0v) is 12.9. The first-order valence-electron chi connectivity index (χ1n) is 7.42. The van der Waals surface area contributed by atoms with E-state index in [2.05, 4.69) is 5.32 Å². The minimum absolute atomic E-state index is 0.0272. The number of halogens is 3. The first kappa shape index (κ1) is 16.9. The Kier molecular flexibility index (Phi) is 4.69. The highest BCUT2D eigenvalue weighted by Crippen LogP contribution is 2.35. The molecule has 3 rings (SSSR count). The molecule has 0 saturated heterocycles. The highest BCUT2D eigenvalue weighted by atomic mass is 19.4. The molecule has 0 atom stereocenters. The predicted molar refractivity (Wildman–Crippen MR) is 81.8 cm³/mol. The molecule has 1 amide bonds. The van der Waals surface area contributed by atoms with Crippen molar-refractivity contribution < 1.29 is 32.2 Å². The fourth-order valence-electron chi connectivity index (χ4n) is 2.30. The van der Waals surface area contributed by atoms with Crippen molar-refractivity contribution in [2.75, 3.05) is 19.9 Å². The maximum Gasteiger partial charge on any atom is 0.416 e. The number of amides is 1. The summed E-state index contributed by atoms with van der Waals surface area (Å²) in [5, 5.41) is 2.62. The second-order valence-corrected chi connectivity index (χ2v) is 5.17. The lowest BCUT2D eigenvalue weighted by Crippen LogP contribution is -2.28. The summed E-state index contributed by atoms with van der Waals surface area (Å²) in [5.41, 5.74) is -0.458. The van der Waals surface area contributed by atoms with Crippen molar-refractivity contribution in [3.8, 4) is 17.2 Å². The number of carbonyl (C=O) groups excluding carboxylic acids is 1. The van der Waals surface area contributed by atoms with Crippen molar-refractivity contribution >= 4 is 5.91 Å². The quantitative estimate of drug-likeness (QED) is 0.839. The molecule has 0 unspecified atom stereocenters. The Morgan fingerprint density at radius 2 is 1.96 bits per heavy atom. The van der Waals surface area contributed by atoms with E-state index in [0.29, 0.717) is 17.1 Å². The minimum Gasteiger partial charge on any atom is -0.492 e. The number of benzene rings is 2. The zero-order valence-electron chi connectivity index (χ0n) is 12.9. The van der Waals surface area contributed by atoms with Crippen molar-refractivity contribution in [2.45, 2.75) is 6.18 Å². The lowest BCUT2D eigenvalue weighted by atomic mass is 10.1. The van der Waals surface area contributed by atoms with Crippen LogP contribution >= 0.6 is 0 Å². The van der Waals surface area contributed by atoms with E-state index in [0.717, 1.165) is 12.1 Å². The van der Waals surface area contributed by atoms with Crippen LogP contribution in [0.5, 0.6) is 17.2 Å². The predicted octanol–water partition coefficient (Wildman–Crippen LogP) is 3.24. The first-order chi connectivity index (χ1) is 11.9. The van der Waals surface area contributed by atoms with Gasteiger partial charge in [0.1, 0.15) is 12.4 Å². The van der Waals surface area contributed by atoms with E-state index in [9.17, 15) is 18.0 Å². The normalized spacial score (nSPS) is 12.8. The van der Waals surface area contributed by atoms with E-state index < -0.39 is 11.7 Å². The Morgan fingerprint density at radius 1 is 1.16 bits per heavy atom. The second kappa shape index (κ2) is 6.92. The molecule has 25 heavy (non-hydrogen) atoms. The van der Waals surface area contributed by atoms with E-state index in [4.69, 9.17) is 14.2 Å². The van der Waals surface area contributed by atoms with Crippen molar-refractivity contribution in [3.05, 3.63) is 53.6 Å². The van der Waals surface area contributed by atoms with E-state index in [1.165, 1.54) is 12.1 Å². The van der Waals surface area contributed by atoms with Crippen LogP contribution in [0.1, 0.15) is 15.9 Å². The fraction of sp³-hybridized carbons (Fsp3) is 0.235. The lowest BCUT2D eigenvalue weighted by molar-refractivity contribution is -0.137. The van der Waals surface area contributed by atoms with Crippen LogP contribution in [-0.2, 0) is 6.18 Å². The number of ether oxygens (including phenoxy) is 3. The molecule has 2 aromatic rings. The van der Waals surface area contributed by atoms with Crippen molar-refractivity contribution in [1.82, 2.24) is 5.32 Å². The van der Waals surface area contributed by atoms with Crippen LogP contribution in [0.25, 0.3) is 0 Å². The van der Waals surface area contributed by atoms with Crippen molar-refractivity contribution in [3.63, 3.8) is 0 Å². The Hall–Kier alpha value is -2.90. The third-order valence-corrected chi connectivity index (χ3v) is 3.46. The van der Waals surface area contributed by atoms with Crippen LogP contribution in [0.15, 0.2) is 42.5 Å². The average Bonchev–Trinajstić information content (AvgIpc) is 3.06. The van der Waals surface area contributed by atoms with Gasteiger partial charge in [-0.25, -0.2) is 0 Å². The van der Waals surface area contributed by atoms with Gasteiger partial charge in [0.05, 0.1) is 17.7 Å². The number of alkyl halides is 3. The van der Waals surface area contributed by atoms with Gasteiger partial charge in [-0.1, -0.05) is 12.1 Å². The molecule has 1 aliphatic heterocycles. The number of carbonyl (C=O) groups is 1. The van der Waals surface area contributed by atoms with Gasteiger partial charge >= 0.3 is 6.18 Å². The number of hydrogen-bond donors (Lipinski definition) is 1. The highest BCUT2D eigenvalue weighted by molar-refractivity contribution is 5.97. The van der Waals surface area contributed by atoms with Gasteiger partial charge in [-0.3, -0.25) is 4.79 Å². The van der Waals surface area contributed by atoms with E-state index in [1.807, 2.05) is 0 Å². The second-order valence-electron chi connectivity index (χ2n) is 5.17. The first-order valence-corrected chi connectivity index (χ1v) is 7.42. The third-order valence-electron chi connectivity index (χ3n) is 3.46. The fourth-order valence-corrected chi connectivity index (χ4v) is 2.30. The maximum atomic E-state index is 12.6. The van der Waals surface area contributed by atoms with Gasteiger partial charge in [0.15, 0.2) is 11.5 Å². The molecule has 0 spiro atoms. The molecule has 0 aromatic heterocycles. The molecule has 2 aromatic carbocycles. The van der Waals surface area contributed by atoms with Crippen LogP contribution in [0.4, 0.5) is 13.2 Å². The number of fused-ring (bicyclic) bond motifs is 1. The summed E-state index contributed by atoms with van der Waals surface area (Å²) in [7, 11) is 0. The molecule has 1 aliphatic rings. The number of hydrogen-bond acceptors (Lipinski definition) is 4. The summed E-state index contributed by atoms with van der Waals surface area (Å²) >= 11 is 0. The van der Waals surface area contributed by atoms with Gasteiger partial charge in [0.25, 0.3) is 5.91 Å². The van der Waals surface area contributed by atoms with Gasteiger partial charge in [-0.15, -0.1) is 0 Å². The third kappa shape index (κ3) is 3.96. The van der Waals surface area contributed by atoms with Gasteiger partial charge in [0.2, 0.25) is 6.79 Å². The molecule has 0 saturated carbocycles. The molecule has 1 N–H and O–H groups in total. The summed E-state index contributed by atoms with van der Waals surface area (Å²) < 4.78 is 53.6. The molecular formula is C17H14F3NO4. The number of para-hydroxylation sites is 1. The van der Waals surface area contributed by atoms with Crippen molar-refractivity contribution in [1.29, 1.82) is 0 Å². The van der Waals surface area contributed by atoms with Gasteiger partial charge < -0.3 is 19.5 Å². The molecule has 8 heteroatoms. The van der Waals surface area contributed by atoms with E-state index in [1.54, 1.807) is 18.2 Å². The summed E-state index contributed by atoms with van der Waals surface area (Å²) in [5.74, 6) is 0.572. The molecule has 5 nitrogen and oxygen atoms in total. The van der Waals surface area contributed by atoms with Gasteiger partial charge in [-0.05, 0) is 30.3 Å². The molecule has 132 valence electrons. The summed E-state index contributed by atoms with van der Waals surface area (Å²) in [4.78, 5) is 12.2. The molecule has 0 aliphatic carbocycles. The standard InChI is InChI=1S/C17H14F3NO4/c18-17(19,20)11-3-1-4-12(9-11)23-8-7-21-16(22)13-5-2-6-14-15(13)25-10-24-14/h1-6,9H,7-8,10H2,(H,21,22). The Morgan fingerprint density at radius 3 is 2.76 bits per heavy atom. The van der Waals surface area contributed by atoms with Crippen molar-refractivity contribution in [2.24, 2.45) is 0 Å². The molecule has 0 fully saturated rings. The lowest BCUT2D eigenvalue weighted by Gasteiger charge is -2.11. The average molecular weight is 353 g/mol. The smallest absolute Gasteiger partial charge is 0.416 e. The molecule has 0 bridgehead atoms. The van der Waals surface area contributed by atoms with Gasteiger partial charge in [0, 0.05) is 0 Å². The molecule has 1 heterocycles. The number of rotatable bonds is 5. The van der Waals surface area contributed by atoms with Gasteiger partial charge in [-0.2, -0.15) is 13.2 Å². The number of nitrogens with one attached hydrogen (secondary N) is 1. The largest absolute Gasteiger partial charge is 0.492 e. The summed E-state index contributed by atoms with van der Waals surface area (Å²) in [6, 6.07) is 9.52. The molecular weight excluding hydrogens is 339 g/mol. The highest BCUT2D eigenvalue weighted by Gasteiger charge is 2.30. The Bertz CT molecular complexity index is 777. The summed E-state index contributed by atoms with van der Waals surface area (Å²) in [6.07, 6.45) is -4.43. The molecule has 0 radical (unpaired) electrons. The SMILES string of the molecule is O=C(NCCOc1cccc(C(F)(F)F)c1)c1cccc2c1OCO2. The van der Waals surface area contributed by atoms with Crippen LogP contribution in [-0.4, -0.2) is 25.9 Å². The van der Waals surface area contributed by atoms with E-state index >= 15 is 0 Å². The van der Waals surface area contributed by atoms with Crippen LogP contribution in [0.3, 0.4) is 0 Å². The van der Waals surface area contributed by atoms with Crippen LogP contribution in [0.2, 0.25) is 0 Å². The monoisotopic (exact) mass is 353 g/mol. The zero-order chi connectivity index (χ0) is 17.9. The topological polar surface area (TPSA) is 56.8 Å². The van der Waals surface area contributed by atoms with E-state index in [-0.39, 0.29) is 31.6 Å². The van der Waals surface area contributed by atoms with Crippen LogP contribution in [0, 0.1) is 0 Å².